The summed E-state index contributed by atoms with van der Waals surface area (Å²) < 4.78 is 6.67. The van der Waals surface area contributed by atoms with E-state index in [1.54, 1.807) is 0 Å². The molecule has 2 fully saturated rings. The zero-order valence-electron chi connectivity index (χ0n) is 11.6. The molecular weight excluding hydrogens is 342 g/mol. The smallest absolute Gasteiger partial charge is 0.160 e. The molecule has 1 aliphatic heterocycles. The van der Waals surface area contributed by atoms with Crippen molar-refractivity contribution < 1.29 is 4.74 Å². The molecule has 1 aromatic rings. The lowest BCUT2D eigenvalue weighted by molar-refractivity contribution is -0.0256. The van der Waals surface area contributed by atoms with Gasteiger partial charge in [-0.05, 0) is 35.8 Å². The van der Waals surface area contributed by atoms with Crippen LogP contribution in [0.5, 0.6) is 0 Å². The molecule has 0 spiro atoms. The molecular formula is C14H19BrClN3O. The third kappa shape index (κ3) is 3.01. The molecule has 1 atom stereocenters. The maximum absolute atomic E-state index is 6.29. The first-order valence-electron chi connectivity index (χ1n) is 7.18. The van der Waals surface area contributed by atoms with Crippen LogP contribution in [-0.2, 0) is 4.74 Å². The Balaban J connectivity index is 1.91. The largest absolute Gasteiger partial charge is 0.368 e. The second-order valence-electron chi connectivity index (χ2n) is 5.67. The van der Waals surface area contributed by atoms with Gasteiger partial charge in [0.15, 0.2) is 5.82 Å². The van der Waals surface area contributed by atoms with E-state index in [2.05, 4.69) is 32.9 Å². The molecule has 0 radical (unpaired) electrons. The topological polar surface area (TPSA) is 38.2 Å². The van der Waals surface area contributed by atoms with Crippen molar-refractivity contribution in [3.8, 4) is 0 Å². The summed E-state index contributed by atoms with van der Waals surface area (Å²) in [4.78, 5) is 11.4. The molecule has 2 aliphatic rings. The highest BCUT2D eigenvalue weighted by Gasteiger charge is 2.27. The van der Waals surface area contributed by atoms with E-state index in [0.29, 0.717) is 11.1 Å². The van der Waals surface area contributed by atoms with E-state index >= 15 is 0 Å². The van der Waals surface area contributed by atoms with E-state index < -0.39 is 0 Å². The number of aromatic nitrogens is 2. The van der Waals surface area contributed by atoms with Crippen LogP contribution in [0.15, 0.2) is 4.47 Å². The van der Waals surface area contributed by atoms with Crippen molar-refractivity contribution in [3.05, 3.63) is 21.1 Å². The quantitative estimate of drug-likeness (QED) is 0.756. The van der Waals surface area contributed by atoms with E-state index in [9.17, 15) is 0 Å². The number of rotatable bonds is 2. The van der Waals surface area contributed by atoms with Crippen LogP contribution in [0.4, 0.5) is 0 Å². The molecule has 20 heavy (non-hydrogen) atoms. The van der Waals surface area contributed by atoms with Crippen LogP contribution >= 0.6 is 27.5 Å². The fourth-order valence-electron chi connectivity index (χ4n) is 3.00. The first-order valence-corrected chi connectivity index (χ1v) is 8.35. The summed E-state index contributed by atoms with van der Waals surface area (Å²) in [5.74, 6) is 1.23. The predicted octanol–water partition coefficient (Wildman–Crippen LogP) is 3.55. The van der Waals surface area contributed by atoms with Crippen molar-refractivity contribution in [2.24, 2.45) is 0 Å². The maximum atomic E-state index is 6.29. The van der Waals surface area contributed by atoms with E-state index in [1.807, 2.05) is 0 Å². The maximum Gasteiger partial charge on any atom is 0.160 e. The van der Waals surface area contributed by atoms with Gasteiger partial charge in [-0.2, -0.15) is 0 Å². The molecule has 0 amide bonds. The van der Waals surface area contributed by atoms with Crippen molar-refractivity contribution in [1.82, 2.24) is 14.9 Å². The summed E-state index contributed by atoms with van der Waals surface area (Å²) >= 11 is 9.84. The highest BCUT2D eigenvalue weighted by atomic mass is 79.9. The molecule has 1 aliphatic carbocycles. The monoisotopic (exact) mass is 359 g/mol. The first kappa shape index (κ1) is 14.7. The molecule has 2 heterocycles. The van der Waals surface area contributed by atoms with E-state index in [0.717, 1.165) is 35.7 Å². The third-order valence-electron chi connectivity index (χ3n) is 4.15. The molecule has 0 N–H and O–H groups in total. The van der Waals surface area contributed by atoms with Gasteiger partial charge < -0.3 is 9.64 Å². The third-order valence-corrected chi connectivity index (χ3v) is 5.44. The van der Waals surface area contributed by atoms with Crippen LogP contribution in [0.3, 0.4) is 0 Å². The number of morpholine rings is 1. The van der Waals surface area contributed by atoms with Crippen LogP contribution in [0.1, 0.15) is 49.2 Å². The Labute approximate surface area is 133 Å². The van der Waals surface area contributed by atoms with Gasteiger partial charge >= 0.3 is 0 Å². The molecule has 1 aromatic heterocycles. The van der Waals surface area contributed by atoms with Gasteiger partial charge in [-0.25, -0.2) is 9.97 Å². The lowest BCUT2D eigenvalue weighted by Gasteiger charge is -2.29. The molecule has 6 heteroatoms. The number of ether oxygens (including phenoxy) is 1. The fraction of sp³-hybridized carbons (Fsp3) is 0.714. The summed E-state index contributed by atoms with van der Waals surface area (Å²) in [7, 11) is 2.09. The summed E-state index contributed by atoms with van der Waals surface area (Å²) in [6.45, 7) is 2.50. The average Bonchev–Trinajstić information content (AvgIpc) is 2.95. The van der Waals surface area contributed by atoms with Gasteiger partial charge in [0.2, 0.25) is 0 Å². The second-order valence-corrected chi connectivity index (χ2v) is 6.83. The molecule has 110 valence electrons. The molecule has 3 rings (SSSR count). The van der Waals surface area contributed by atoms with Crippen LogP contribution in [0.2, 0.25) is 5.15 Å². The van der Waals surface area contributed by atoms with Crippen LogP contribution in [-0.4, -0.2) is 41.6 Å². The average molecular weight is 361 g/mol. The van der Waals surface area contributed by atoms with Crippen molar-refractivity contribution in [3.63, 3.8) is 0 Å². The van der Waals surface area contributed by atoms with E-state index in [-0.39, 0.29) is 6.10 Å². The summed E-state index contributed by atoms with van der Waals surface area (Å²) in [5.41, 5.74) is 1.06. The molecule has 0 aromatic carbocycles. The van der Waals surface area contributed by atoms with Gasteiger partial charge in [0, 0.05) is 19.0 Å². The molecule has 4 nitrogen and oxygen atoms in total. The zero-order chi connectivity index (χ0) is 14.1. The Morgan fingerprint density at radius 3 is 2.75 bits per heavy atom. The Bertz CT molecular complexity index is 494. The van der Waals surface area contributed by atoms with Crippen molar-refractivity contribution in [2.75, 3.05) is 26.7 Å². The number of hydrogen-bond donors (Lipinski definition) is 0. The first-order chi connectivity index (χ1) is 9.65. The van der Waals surface area contributed by atoms with Crippen LogP contribution in [0.25, 0.3) is 0 Å². The Hall–Kier alpha value is -0.230. The number of nitrogens with zero attached hydrogens (tertiary/aromatic N) is 3. The minimum Gasteiger partial charge on any atom is -0.368 e. The van der Waals surface area contributed by atoms with Gasteiger partial charge in [-0.3, -0.25) is 0 Å². The van der Waals surface area contributed by atoms with Gasteiger partial charge in [-0.15, -0.1) is 0 Å². The molecule has 1 unspecified atom stereocenters. The Morgan fingerprint density at radius 1 is 1.30 bits per heavy atom. The van der Waals surface area contributed by atoms with Gasteiger partial charge in [-0.1, -0.05) is 24.4 Å². The van der Waals surface area contributed by atoms with Gasteiger partial charge in [0.25, 0.3) is 0 Å². The summed E-state index contributed by atoms with van der Waals surface area (Å²) in [6, 6.07) is 0. The predicted molar refractivity (Wildman–Crippen MR) is 82.1 cm³/mol. The van der Waals surface area contributed by atoms with Crippen LogP contribution in [0, 0.1) is 0 Å². The minimum absolute atomic E-state index is 0.0699. The second kappa shape index (κ2) is 6.26. The number of halogens is 2. The molecule has 0 bridgehead atoms. The fourth-order valence-corrected chi connectivity index (χ4v) is 3.69. The number of hydrogen-bond acceptors (Lipinski definition) is 4. The standard InChI is InChI=1S/C14H19BrClN3O/c1-19-6-7-20-10(8-19)14-17-12(9-4-2-3-5-9)11(15)13(16)18-14/h9-10H,2-8H2,1H3. The Morgan fingerprint density at radius 2 is 2.05 bits per heavy atom. The zero-order valence-corrected chi connectivity index (χ0v) is 14.0. The normalized spacial score (nSPS) is 25.2. The van der Waals surface area contributed by atoms with Gasteiger partial charge in [0.1, 0.15) is 11.3 Å². The highest BCUT2D eigenvalue weighted by molar-refractivity contribution is 9.10. The molecule has 1 saturated heterocycles. The van der Waals surface area contributed by atoms with E-state index in [4.69, 9.17) is 21.3 Å². The number of likely N-dealkylation sites (N-methyl/N-ethyl adjacent to an activating group) is 1. The van der Waals surface area contributed by atoms with Crippen molar-refractivity contribution in [1.29, 1.82) is 0 Å². The van der Waals surface area contributed by atoms with Crippen molar-refractivity contribution >= 4 is 27.5 Å². The van der Waals surface area contributed by atoms with Crippen LogP contribution < -0.4 is 0 Å². The summed E-state index contributed by atoms with van der Waals surface area (Å²) in [5, 5.41) is 0.508. The SMILES string of the molecule is CN1CCOC(c2nc(Cl)c(Br)c(C3CCCC3)n2)C1. The molecule has 1 saturated carbocycles. The summed E-state index contributed by atoms with van der Waals surface area (Å²) in [6.07, 6.45) is 4.86. The van der Waals surface area contributed by atoms with E-state index in [1.165, 1.54) is 25.7 Å². The van der Waals surface area contributed by atoms with Crippen molar-refractivity contribution in [2.45, 2.75) is 37.7 Å². The lowest BCUT2D eigenvalue weighted by atomic mass is 10.0. The van der Waals surface area contributed by atoms with Gasteiger partial charge in [0.05, 0.1) is 16.8 Å². The Kier molecular flexibility index (Phi) is 4.60. The lowest BCUT2D eigenvalue weighted by Crippen LogP contribution is -2.36. The highest BCUT2D eigenvalue weighted by Crippen LogP contribution is 2.39. The minimum atomic E-state index is -0.0699.